The Morgan fingerprint density at radius 3 is 2.53 bits per heavy atom. The van der Waals surface area contributed by atoms with E-state index in [4.69, 9.17) is 10.8 Å². The fourth-order valence-electron chi connectivity index (χ4n) is 1.93. The van der Waals surface area contributed by atoms with Crippen molar-refractivity contribution >= 4 is 11.0 Å². The van der Waals surface area contributed by atoms with Crippen LogP contribution in [-0.4, -0.2) is 27.4 Å². The zero-order chi connectivity index (χ0) is 14.3. The summed E-state index contributed by atoms with van der Waals surface area (Å²) in [4.78, 5) is 3.98. The summed E-state index contributed by atoms with van der Waals surface area (Å²) in [5.74, 6) is -0.296. The number of halogens is 3. The predicted molar refractivity (Wildman–Crippen MR) is 64.4 cm³/mol. The first-order chi connectivity index (χ1) is 8.79. The molecule has 4 nitrogen and oxygen atoms in total. The van der Waals surface area contributed by atoms with Gasteiger partial charge in [-0.2, -0.15) is 13.2 Å². The van der Waals surface area contributed by atoms with E-state index in [1.54, 1.807) is 24.3 Å². The van der Waals surface area contributed by atoms with Crippen molar-refractivity contribution in [1.82, 2.24) is 9.55 Å². The maximum absolute atomic E-state index is 13.0. The van der Waals surface area contributed by atoms with Gasteiger partial charge < -0.3 is 15.4 Å². The van der Waals surface area contributed by atoms with E-state index in [0.717, 1.165) is 6.92 Å². The maximum atomic E-state index is 13.0. The van der Waals surface area contributed by atoms with Gasteiger partial charge in [-0.1, -0.05) is 12.1 Å². The van der Waals surface area contributed by atoms with Crippen molar-refractivity contribution in [1.29, 1.82) is 0 Å². The van der Waals surface area contributed by atoms with Crippen molar-refractivity contribution in [2.45, 2.75) is 25.2 Å². The highest BCUT2D eigenvalue weighted by Gasteiger charge is 2.52. The van der Waals surface area contributed by atoms with E-state index in [2.05, 4.69) is 4.98 Å². The highest BCUT2D eigenvalue weighted by molar-refractivity contribution is 5.76. The predicted octanol–water partition coefficient (Wildman–Crippen LogP) is 1.76. The lowest BCUT2D eigenvalue weighted by atomic mass is 10.0. The van der Waals surface area contributed by atoms with Crippen LogP contribution in [0.4, 0.5) is 13.2 Å². The van der Waals surface area contributed by atoms with Crippen molar-refractivity contribution < 1.29 is 18.3 Å². The molecule has 1 heterocycles. The van der Waals surface area contributed by atoms with Crippen LogP contribution in [0, 0.1) is 0 Å². The second-order valence-corrected chi connectivity index (χ2v) is 4.50. The molecule has 0 amide bonds. The first-order valence-electron chi connectivity index (χ1n) is 5.71. The first-order valence-corrected chi connectivity index (χ1v) is 5.71. The van der Waals surface area contributed by atoms with Gasteiger partial charge in [-0.05, 0) is 19.1 Å². The van der Waals surface area contributed by atoms with Crippen molar-refractivity contribution in [2.24, 2.45) is 5.73 Å². The molecule has 0 spiro atoms. The average Bonchev–Trinajstić information content (AvgIpc) is 2.68. The van der Waals surface area contributed by atoms with Gasteiger partial charge in [-0.15, -0.1) is 0 Å². The molecule has 0 fully saturated rings. The molecular formula is C12H14F3N3O. The molecule has 0 saturated carbocycles. The number of hydrogen-bond acceptors (Lipinski definition) is 3. The molecule has 1 atom stereocenters. The van der Waals surface area contributed by atoms with E-state index in [-0.39, 0.29) is 19.0 Å². The smallest absolute Gasteiger partial charge is 0.395 e. The van der Waals surface area contributed by atoms with Gasteiger partial charge in [0, 0.05) is 6.54 Å². The van der Waals surface area contributed by atoms with Crippen molar-refractivity contribution in [3.8, 4) is 0 Å². The Bertz CT molecular complexity index is 589. The number of benzene rings is 1. The van der Waals surface area contributed by atoms with Crippen LogP contribution < -0.4 is 5.73 Å². The molecule has 0 aliphatic heterocycles. The van der Waals surface area contributed by atoms with E-state index in [1.807, 2.05) is 0 Å². The highest BCUT2D eigenvalue weighted by Crippen LogP contribution is 2.37. The normalized spacial score (nSPS) is 15.7. The molecule has 1 aromatic heterocycles. The van der Waals surface area contributed by atoms with E-state index in [1.165, 1.54) is 4.57 Å². The Kier molecular flexibility index (Phi) is 3.27. The second-order valence-electron chi connectivity index (χ2n) is 4.50. The molecule has 2 aromatic rings. The Labute approximate surface area is 107 Å². The van der Waals surface area contributed by atoms with Crippen molar-refractivity contribution in [3.63, 3.8) is 0 Å². The molecular weight excluding hydrogens is 259 g/mol. The molecule has 0 saturated heterocycles. The van der Waals surface area contributed by atoms with Gasteiger partial charge in [-0.25, -0.2) is 4.98 Å². The quantitative estimate of drug-likeness (QED) is 0.895. The minimum atomic E-state index is -4.62. The zero-order valence-electron chi connectivity index (χ0n) is 10.3. The van der Waals surface area contributed by atoms with E-state index in [0.29, 0.717) is 11.0 Å². The third kappa shape index (κ3) is 2.19. The lowest BCUT2D eigenvalue weighted by Gasteiger charge is -2.27. The summed E-state index contributed by atoms with van der Waals surface area (Å²) in [6.07, 6.45) is -4.62. The number of alkyl halides is 3. The summed E-state index contributed by atoms with van der Waals surface area (Å²) >= 11 is 0. The fraction of sp³-hybridized carbons (Fsp3) is 0.417. The fourth-order valence-corrected chi connectivity index (χ4v) is 1.93. The molecule has 1 unspecified atom stereocenters. The van der Waals surface area contributed by atoms with Gasteiger partial charge in [0.2, 0.25) is 0 Å². The average molecular weight is 273 g/mol. The number of aliphatic hydroxyl groups is 1. The Morgan fingerprint density at radius 2 is 1.95 bits per heavy atom. The number of aromatic nitrogens is 2. The molecule has 3 N–H and O–H groups in total. The second kappa shape index (κ2) is 4.50. The van der Waals surface area contributed by atoms with Crippen LogP contribution >= 0.6 is 0 Å². The maximum Gasteiger partial charge on any atom is 0.413 e. The molecule has 0 radical (unpaired) electrons. The van der Waals surface area contributed by atoms with Crippen LogP contribution in [0.3, 0.4) is 0 Å². The van der Waals surface area contributed by atoms with Crippen molar-refractivity contribution in [2.75, 3.05) is 6.61 Å². The van der Waals surface area contributed by atoms with Gasteiger partial charge in [0.25, 0.3) is 0 Å². The van der Waals surface area contributed by atoms with Gasteiger partial charge in [0.1, 0.15) is 5.82 Å². The van der Waals surface area contributed by atoms with Crippen LogP contribution in [0.15, 0.2) is 24.3 Å². The summed E-state index contributed by atoms with van der Waals surface area (Å²) in [6.45, 7) is 0.599. The molecule has 2 rings (SSSR count). The molecule has 104 valence electrons. The summed E-state index contributed by atoms with van der Waals surface area (Å²) in [5.41, 5.74) is 3.80. The first kappa shape index (κ1) is 13.8. The minimum Gasteiger partial charge on any atom is -0.395 e. The standard InChI is InChI=1S/C12H14F3N3O/c1-11(16,12(13,14)15)10-17-8-4-2-3-5-9(8)18(10)6-7-19/h2-5,19H,6-7,16H2,1H3. The van der Waals surface area contributed by atoms with Gasteiger partial charge >= 0.3 is 6.18 Å². The molecule has 0 bridgehead atoms. The molecule has 7 heteroatoms. The number of aliphatic hydroxyl groups excluding tert-OH is 1. The molecule has 0 aliphatic carbocycles. The van der Waals surface area contributed by atoms with Crippen LogP contribution in [0.1, 0.15) is 12.7 Å². The minimum absolute atomic E-state index is 0.0126. The van der Waals surface area contributed by atoms with Crippen LogP contribution in [0.5, 0.6) is 0 Å². The largest absolute Gasteiger partial charge is 0.413 e. The topological polar surface area (TPSA) is 64.1 Å². The lowest BCUT2D eigenvalue weighted by Crippen LogP contribution is -2.49. The molecule has 19 heavy (non-hydrogen) atoms. The molecule has 0 aliphatic rings. The highest BCUT2D eigenvalue weighted by atomic mass is 19.4. The number of para-hydroxylation sites is 2. The van der Waals surface area contributed by atoms with Gasteiger partial charge in [0.15, 0.2) is 5.54 Å². The van der Waals surface area contributed by atoms with Crippen LogP contribution in [-0.2, 0) is 12.1 Å². The van der Waals surface area contributed by atoms with E-state index >= 15 is 0 Å². The number of nitrogens with zero attached hydrogens (tertiary/aromatic N) is 2. The summed E-state index contributed by atoms with van der Waals surface area (Å²) in [6, 6.07) is 6.64. The number of rotatable bonds is 3. The Morgan fingerprint density at radius 1 is 1.32 bits per heavy atom. The Hall–Kier alpha value is -1.60. The van der Waals surface area contributed by atoms with Crippen LogP contribution in [0.2, 0.25) is 0 Å². The van der Waals surface area contributed by atoms with Crippen molar-refractivity contribution in [3.05, 3.63) is 30.1 Å². The van der Waals surface area contributed by atoms with E-state index < -0.39 is 11.7 Å². The Balaban J connectivity index is 2.69. The number of fused-ring (bicyclic) bond motifs is 1. The number of nitrogens with two attached hydrogens (primary N) is 1. The summed E-state index contributed by atoms with van der Waals surface area (Å²) in [7, 11) is 0. The monoisotopic (exact) mass is 273 g/mol. The van der Waals surface area contributed by atoms with Gasteiger partial charge in [-0.3, -0.25) is 0 Å². The molecule has 1 aromatic carbocycles. The lowest BCUT2D eigenvalue weighted by molar-refractivity contribution is -0.187. The van der Waals surface area contributed by atoms with Gasteiger partial charge in [0.05, 0.1) is 17.6 Å². The van der Waals surface area contributed by atoms with Crippen LogP contribution in [0.25, 0.3) is 11.0 Å². The number of imidazole rings is 1. The summed E-state index contributed by atoms with van der Waals surface area (Å²) in [5, 5.41) is 9.02. The van der Waals surface area contributed by atoms with E-state index in [9.17, 15) is 13.2 Å². The SMILES string of the molecule is CC(N)(c1nc2ccccc2n1CCO)C(F)(F)F. The summed E-state index contributed by atoms with van der Waals surface area (Å²) < 4.78 is 40.4. The third-order valence-corrected chi connectivity index (χ3v) is 3.03. The zero-order valence-corrected chi connectivity index (χ0v) is 10.3. The number of hydrogen-bond donors (Lipinski definition) is 2. The third-order valence-electron chi connectivity index (χ3n) is 3.03.